The molecule has 0 heterocycles. The maximum atomic E-state index is 2.40. The lowest BCUT2D eigenvalue weighted by Crippen LogP contribution is -2.41. The Kier molecular flexibility index (Phi) is 3.18. The molecule has 0 N–H and O–H groups in total. The Labute approximate surface area is 178 Å². The van der Waals surface area contributed by atoms with Crippen molar-refractivity contribution in [2.45, 2.75) is 36.5 Å². The molecule has 0 aromatic heterocycles. The monoisotopic (exact) mass is 384 g/mol. The van der Waals surface area contributed by atoms with Crippen molar-refractivity contribution in [3.05, 3.63) is 119 Å². The van der Waals surface area contributed by atoms with E-state index in [-0.39, 0.29) is 10.8 Å². The van der Waals surface area contributed by atoms with E-state index in [0.29, 0.717) is 0 Å². The van der Waals surface area contributed by atoms with E-state index in [1.165, 1.54) is 47.9 Å². The smallest absolute Gasteiger partial charge is 0.0226 e. The maximum Gasteiger partial charge on any atom is 0.0226 e. The highest BCUT2D eigenvalue weighted by Crippen LogP contribution is 2.64. The number of benzene rings is 4. The molecular formula is C30H24. The maximum absolute atomic E-state index is 2.40. The summed E-state index contributed by atoms with van der Waals surface area (Å²) in [4.78, 5) is 0. The van der Waals surface area contributed by atoms with Gasteiger partial charge < -0.3 is 0 Å². The lowest BCUT2D eigenvalue weighted by molar-refractivity contribution is 0.256. The molecular weight excluding hydrogens is 360 g/mol. The van der Waals surface area contributed by atoms with Crippen LogP contribution in [0.25, 0.3) is 22.3 Å². The fourth-order valence-electron chi connectivity index (χ4n) is 7.13. The third-order valence-corrected chi connectivity index (χ3v) is 8.16. The van der Waals surface area contributed by atoms with Crippen molar-refractivity contribution < 1.29 is 0 Å². The van der Waals surface area contributed by atoms with Crippen LogP contribution in [0.1, 0.15) is 47.9 Å². The van der Waals surface area contributed by atoms with E-state index in [9.17, 15) is 0 Å². The molecule has 7 rings (SSSR count). The molecule has 0 bridgehead atoms. The zero-order chi connectivity index (χ0) is 19.8. The van der Waals surface area contributed by atoms with Gasteiger partial charge in [0, 0.05) is 10.8 Å². The van der Waals surface area contributed by atoms with Gasteiger partial charge in [0.25, 0.3) is 0 Å². The average Bonchev–Trinajstić information content (AvgIpc) is 3.23. The second kappa shape index (κ2) is 5.73. The van der Waals surface area contributed by atoms with Crippen LogP contribution < -0.4 is 0 Å². The molecule has 0 heteroatoms. The molecule has 4 aromatic carbocycles. The number of hydrogen-bond donors (Lipinski definition) is 0. The van der Waals surface area contributed by atoms with Gasteiger partial charge in [-0.05, 0) is 63.8 Å². The molecule has 144 valence electrons. The SMILES string of the molecule is c1ccc2c(c1)-c1ccccc1C21CCCC2(C1)c1ccccc1-c1ccccc12. The van der Waals surface area contributed by atoms with E-state index in [1.807, 2.05) is 0 Å². The standard InChI is InChI=1S/C30H24/c1-5-14-25-21(10-1)22-11-2-6-15-26(22)29(25)18-9-19-30(20-29)27-16-7-3-12-23(27)24-13-4-8-17-28(24)30/h1-8,10-17H,9,18-20H2. The van der Waals surface area contributed by atoms with Gasteiger partial charge in [0.05, 0.1) is 0 Å². The summed E-state index contributed by atoms with van der Waals surface area (Å²) >= 11 is 0. The predicted octanol–water partition coefficient (Wildman–Crippen LogP) is 7.49. The first-order valence-corrected chi connectivity index (χ1v) is 11.2. The lowest BCUT2D eigenvalue weighted by Gasteiger charge is -2.47. The number of rotatable bonds is 0. The van der Waals surface area contributed by atoms with Crippen molar-refractivity contribution in [1.82, 2.24) is 0 Å². The number of fused-ring (bicyclic) bond motifs is 10. The summed E-state index contributed by atoms with van der Waals surface area (Å²) in [6.45, 7) is 0. The van der Waals surface area contributed by atoms with Crippen LogP contribution in [-0.2, 0) is 10.8 Å². The van der Waals surface area contributed by atoms with Crippen molar-refractivity contribution in [1.29, 1.82) is 0 Å². The minimum atomic E-state index is 0.107. The fourth-order valence-corrected chi connectivity index (χ4v) is 7.13. The summed E-state index contributed by atoms with van der Waals surface area (Å²) in [6, 6.07) is 36.7. The third-order valence-electron chi connectivity index (χ3n) is 8.16. The second-order valence-electron chi connectivity index (χ2n) is 9.38. The molecule has 0 atom stereocenters. The van der Waals surface area contributed by atoms with Gasteiger partial charge in [0.2, 0.25) is 0 Å². The molecule has 3 aliphatic rings. The Morgan fingerprint density at radius 1 is 0.400 bits per heavy atom. The van der Waals surface area contributed by atoms with Gasteiger partial charge in [-0.3, -0.25) is 0 Å². The van der Waals surface area contributed by atoms with E-state index >= 15 is 0 Å². The van der Waals surface area contributed by atoms with Gasteiger partial charge in [-0.25, -0.2) is 0 Å². The van der Waals surface area contributed by atoms with Crippen LogP contribution in [0.15, 0.2) is 97.1 Å². The molecule has 1 fully saturated rings. The Hall–Kier alpha value is -3.12. The minimum absolute atomic E-state index is 0.107. The van der Waals surface area contributed by atoms with Gasteiger partial charge in [0.15, 0.2) is 0 Å². The van der Waals surface area contributed by atoms with Gasteiger partial charge in [0.1, 0.15) is 0 Å². The topological polar surface area (TPSA) is 0 Å². The summed E-state index contributed by atoms with van der Waals surface area (Å²) in [6.07, 6.45) is 4.91. The van der Waals surface area contributed by atoms with Crippen LogP contribution >= 0.6 is 0 Å². The first-order chi connectivity index (χ1) is 14.8. The van der Waals surface area contributed by atoms with Crippen molar-refractivity contribution in [3.63, 3.8) is 0 Å². The van der Waals surface area contributed by atoms with Crippen molar-refractivity contribution in [2.24, 2.45) is 0 Å². The first-order valence-electron chi connectivity index (χ1n) is 11.2. The highest BCUT2D eigenvalue weighted by Gasteiger charge is 2.54. The van der Waals surface area contributed by atoms with Gasteiger partial charge >= 0.3 is 0 Å². The summed E-state index contributed by atoms with van der Waals surface area (Å²) < 4.78 is 0. The van der Waals surface area contributed by atoms with E-state index < -0.39 is 0 Å². The second-order valence-corrected chi connectivity index (χ2v) is 9.38. The molecule has 2 spiro atoms. The average molecular weight is 385 g/mol. The van der Waals surface area contributed by atoms with Crippen LogP contribution in [0.3, 0.4) is 0 Å². The van der Waals surface area contributed by atoms with Crippen LogP contribution in [0, 0.1) is 0 Å². The molecule has 0 amide bonds. The first kappa shape index (κ1) is 16.7. The molecule has 3 aliphatic carbocycles. The normalized spacial score (nSPS) is 18.7. The van der Waals surface area contributed by atoms with E-state index in [2.05, 4.69) is 97.1 Å². The zero-order valence-electron chi connectivity index (χ0n) is 17.1. The zero-order valence-corrected chi connectivity index (χ0v) is 17.1. The van der Waals surface area contributed by atoms with Crippen molar-refractivity contribution in [2.75, 3.05) is 0 Å². The van der Waals surface area contributed by atoms with Crippen molar-refractivity contribution in [3.8, 4) is 22.3 Å². The molecule has 0 aliphatic heterocycles. The Bertz CT molecular complexity index is 1120. The summed E-state index contributed by atoms with van der Waals surface area (Å²) in [7, 11) is 0. The van der Waals surface area contributed by atoms with E-state index in [4.69, 9.17) is 0 Å². The number of hydrogen-bond acceptors (Lipinski definition) is 0. The molecule has 0 saturated heterocycles. The molecule has 4 aromatic rings. The van der Waals surface area contributed by atoms with Gasteiger partial charge in [-0.15, -0.1) is 0 Å². The van der Waals surface area contributed by atoms with Crippen LogP contribution in [-0.4, -0.2) is 0 Å². The summed E-state index contributed by atoms with van der Waals surface area (Å²) in [5.74, 6) is 0. The van der Waals surface area contributed by atoms with Crippen LogP contribution in [0.4, 0.5) is 0 Å². The highest BCUT2D eigenvalue weighted by atomic mass is 14.6. The Morgan fingerprint density at radius 2 is 0.700 bits per heavy atom. The molecule has 0 nitrogen and oxygen atoms in total. The molecule has 30 heavy (non-hydrogen) atoms. The minimum Gasteiger partial charge on any atom is -0.0619 e. The fraction of sp³-hybridized carbons (Fsp3) is 0.200. The predicted molar refractivity (Wildman–Crippen MR) is 124 cm³/mol. The van der Waals surface area contributed by atoms with E-state index in [1.54, 1.807) is 22.3 Å². The largest absolute Gasteiger partial charge is 0.0619 e. The van der Waals surface area contributed by atoms with Crippen LogP contribution in [0.5, 0.6) is 0 Å². The Morgan fingerprint density at radius 3 is 1.03 bits per heavy atom. The summed E-state index contributed by atoms with van der Waals surface area (Å²) in [5, 5.41) is 0. The third kappa shape index (κ3) is 1.88. The Balaban J connectivity index is 1.52. The van der Waals surface area contributed by atoms with Gasteiger partial charge in [-0.2, -0.15) is 0 Å². The summed E-state index contributed by atoms with van der Waals surface area (Å²) in [5.41, 5.74) is 12.2. The lowest BCUT2D eigenvalue weighted by atomic mass is 9.55. The van der Waals surface area contributed by atoms with E-state index in [0.717, 1.165) is 0 Å². The molecule has 1 saturated carbocycles. The molecule has 0 unspecified atom stereocenters. The quantitative estimate of drug-likeness (QED) is 0.294. The highest BCUT2D eigenvalue weighted by molar-refractivity contribution is 5.84. The van der Waals surface area contributed by atoms with Gasteiger partial charge in [-0.1, -0.05) is 103 Å². The molecule has 0 radical (unpaired) electrons. The van der Waals surface area contributed by atoms with Crippen molar-refractivity contribution >= 4 is 0 Å². The van der Waals surface area contributed by atoms with Crippen LogP contribution in [0.2, 0.25) is 0 Å².